The summed E-state index contributed by atoms with van der Waals surface area (Å²) in [4.78, 5) is 32.5. The van der Waals surface area contributed by atoms with Crippen molar-refractivity contribution in [1.82, 2.24) is 9.55 Å². The number of nitrogens with one attached hydrogen (secondary N) is 1. The van der Waals surface area contributed by atoms with Crippen molar-refractivity contribution in [2.45, 2.75) is 46.1 Å². The van der Waals surface area contributed by atoms with Crippen molar-refractivity contribution < 1.29 is 4.79 Å². The number of aryl methyl sites for hydroxylation is 2. The minimum atomic E-state index is -0.632. The van der Waals surface area contributed by atoms with Crippen molar-refractivity contribution in [3.05, 3.63) is 57.0 Å². The Hall–Kier alpha value is -2.47. The van der Waals surface area contributed by atoms with Gasteiger partial charge in [-0.05, 0) is 56.2 Å². The first-order valence-electron chi connectivity index (χ1n) is 9.33. The lowest BCUT2D eigenvalue weighted by Gasteiger charge is -2.18. The smallest absolute Gasteiger partial charge is 0.263 e. The van der Waals surface area contributed by atoms with Gasteiger partial charge in [0.15, 0.2) is 0 Å². The van der Waals surface area contributed by atoms with E-state index >= 15 is 0 Å². The molecular weight excluding hydrogens is 358 g/mol. The van der Waals surface area contributed by atoms with Crippen LogP contribution in [0.2, 0.25) is 0 Å². The molecule has 0 saturated carbocycles. The van der Waals surface area contributed by atoms with Crippen LogP contribution in [0.3, 0.4) is 0 Å². The van der Waals surface area contributed by atoms with Crippen molar-refractivity contribution in [2.24, 2.45) is 5.92 Å². The summed E-state index contributed by atoms with van der Waals surface area (Å²) in [6.45, 7) is 5.93. The van der Waals surface area contributed by atoms with Gasteiger partial charge >= 0.3 is 0 Å². The zero-order valence-electron chi connectivity index (χ0n) is 15.8. The van der Waals surface area contributed by atoms with Crippen LogP contribution in [0, 0.1) is 12.8 Å². The van der Waals surface area contributed by atoms with Gasteiger partial charge in [0.1, 0.15) is 10.9 Å². The molecule has 0 spiro atoms. The highest BCUT2D eigenvalue weighted by atomic mass is 32.1. The van der Waals surface area contributed by atoms with Crippen molar-refractivity contribution in [3.8, 4) is 0 Å². The van der Waals surface area contributed by atoms with E-state index in [-0.39, 0.29) is 11.5 Å². The summed E-state index contributed by atoms with van der Waals surface area (Å²) in [6, 6.07) is 6.98. The maximum absolute atomic E-state index is 13.2. The molecular formula is C21H23N3O2S. The average Bonchev–Trinajstić information content (AvgIpc) is 3.01. The summed E-state index contributed by atoms with van der Waals surface area (Å²) in [6.07, 6.45) is 4.54. The van der Waals surface area contributed by atoms with E-state index in [1.807, 2.05) is 31.2 Å². The van der Waals surface area contributed by atoms with E-state index in [0.29, 0.717) is 11.3 Å². The first-order valence-corrected chi connectivity index (χ1v) is 10.1. The van der Waals surface area contributed by atoms with Gasteiger partial charge in [-0.15, -0.1) is 11.3 Å². The van der Waals surface area contributed by atoms with Crippen molar-refractivity contribution in [2.75, 3.05) is 5.32 Å². The maximum atomic E-state index is 13.2. The van der Waals surface area contributed by atoms with Crippen molar-refractivity contribution in [1.29, 1.82) is 0 Å². The number of carbonyl (C=O) groups is 1. The average molecular weight is 382 g/mol. The number of hydrogen-bond donors (Lipinski definition) is 1. The van der Waals surface area contributed by atoms with Crippen LogP contribution in [0.1, 0.15) is 42.3 Å². The molecule has 2 heterocycles. The Morgan fingerprint density at radius 1 is 1.37 bits per heavy atom. The molecule has 0 unspecified atom stereocenters. The Kier molecular flexibility index (Phi) is 4.60. The quantitative estimate of drug-likeness (QED) is 0.743. The minimum absolute atomic E-state index is 0.112. The number of fused-ring (bicyclic) bond motifs is 3. The molecule has 2 aromatic heterocycles. The van der Waals surface area contributed by atoms with Gasteiger partial charge in [-0.3, -0.25) is 14.2 Å². The first-order chi connectivity index (χ1) is 13.0. The number of nitrogens with zero attached hydrogens (tertiary/aromatic N) is 2. The predicted molar refractivity (Wildman–Crippen MR) is 110 cm³/mol. The number of benzene rings is 1. The fourth-order valence-electron chi connectivity index (χ4n) is 3.70. The summed E-state index contributed by atoms with van der Waals surface area (Å²) < 4.78 is 1.46. The lowest BCUT2D eigenvalue weighted by atomic mass is 9.89. The van der Waals surface area contributed by atoms with Crippen LogP contribution >= 0.6 is 11.3 Å². The van der Waals surface area contributed by atoms with Crippen LogP contribution in [0.5, 0.6) is 0 Å². The van der Waals surface area contributed by atoms with E-state index in [0.717, 1.165) is 40.9 Å². The topological polar surface area (TPSA) is 64.0 Å². The van der Waals surface area contributed by atoms with E-state index < -0.39 is 6.04 Å². The van der Waals surface area contributed by atoms with Crippen LogP contribution in [0.25, 0.3) is 10.2 Å². The molecule has 6 heteroatoms. The number of para-hydroxylation sites is 1. The molecule has 1 aliphatic carbocycles. The zero-order chi connectivity index (χ0) is 19.1. The Labute approximate surface area is 162 Å². The largest absolute Gasteiger partial charge is 0.324 e. The van der Waals surface area contributed by atoms with Gasteiger partial charge in [0.25, 0.3) is 5.56 Å². The summed E-state index contributed by atoms with van der Waals surface area (Å²) in [5.74, 6) is 0.428. The summed E-state index contributed by atoms with van der Waals surface area (Å²) in [5, 5.41) is 3.63. The fourth-order valence-corrected chi connectivity index (χ4v) is 5.04. The normalized spacial score (nSPS) is 17.5. The van der Waals surface area contributed by atoms with Gasteiger partial charge in [-0.1, -0.05) is 25.1 Å². The van der Waals surface area contributed by atoms with Gasteiger partial charge in [0, 0.05) is 10.6 Å². The molecule has 1 amide bonds. The SMILES string of the molecule is Cc1ccccc1NC(=O)[C@H](C)n1cnc2sc3c(c2c1=O)CC[C@H](C)C3. The lowest BCUT2D eigenvalue weighted by Crippen LogP contribution is -2.32. The molecule has 0 bridgehead atoms. The van der Waals surface area contributed by atoms with E-state index in [2.05, 4.69) is 17.2 Å². The molecule has 27 heavy (non-hydrogen) atoms. The minimum Gasteiger partial charge on any atom is -0.324 e. The Morgan fingerprint density at radius 2 is 2.15 bits per heavy atom. The van der Waals surface area contributed by atoms with E-state index in [1.54, 1.807) is 18.3 Å². The van der Waals surface area contributed by atoms with Crippen LogP contribution in [-0.2, 0) is 17.6 Å². The second-order valence-corrected chi connectivity index (χ2v) is 8.55. The Balaban J connectivity index is 1.69. The van der Waals surface area contributed by atoms with E-state index in [9.17, 15) is 9.59 Å². The molecule has 0 aliphatic heterocycles. The second kappa shape index (κ2) is 6.93. The molecule has 0 radical (unpaired) electrons. The van der Waals surface area contributed by atoms with Gasteiger partial charge < -0.3 is 5.32 Å². The molecule has 0 fully saturated rings. The van der Waals surface area contributed by atoms with Gasteiger partial charge in [0.2, 0.25) is 5.91 Å². The van der Waals surface area contributed by atoms with Gasteiger partial charge in [-0.25, -0.2) is 4.98 Å². The third kappa shape index (κ3) is 3.18. The number of carbonyl (C=O) groups excluding carboxylic acids is 1. The van der Waals surface area contributed by atoms with Gasteiger partial charge in [-0.2, -0.15) is 0 Å². The zero-order valence-corrected chi connectivity index (χ0v) is 16.6. The Morgan fingerprint density at radius 3 is 2.93 bits per heavy atom. The van der Waals surface area contributed by atoms with Crippen LogP contribution < -0.4 is 10.9 Å². The number of aromatic nitrogens is 2. The summed E-state index contributed by atoms with van der Waals surface area (Å²) >= 11 is 1.63. The monoisotopic (exact) mass is 381 g/mol. The molecule has 1 aromatic carbocycles. The highest BCUT2D eigenvalue weighted by Gasteiger charge is 2.25. The number of hydrogen-bond acceptors (Lipinski definition) is 4. The number of anilines is 1. The first kappa shape index (κ1) is 17.9. The second-order valence-electron chi connectivity index (χ2n) is 7.47. The van der Waals surface area contributed by atoms with Crippen LogP contribution in [0.4, 0.5) is 5.69 Å². The number of thiophene rings is 1. The van der Waals surface area contributed by atoms with Crippen LogP contribution in [0.15, 0.2) is 35.4 Å². The summed E-state index contributed by atoms with van der Waals surface area (Å²) in [5.41, 5.74) is 2.78. The van der Waals surface area contributed by atoms with Crippen LogP contribution in [-0.4, -0.2) is 15.5 Å². The standard InChI is InChI=1S/C21H23N3O2S/c1-12-8-9-15-17(10-12)27-20-18(15)21(26)24(11-22-20)14(3)19(25)23-16-7-5-4-6-13(16)2/h4-7,11-12,14H,8-10H2,1-3H3,(H,23,25)/t12-,14-/m0/s1. The van der Waals surface area contributed by atoms with E-state index in [1.165, 1.54) is 15.8 Å². The Bertz CT molecular complexity index is 1080. The maximum Gasteiger partial charge on any atom is 0.263 e. The highest BCUT2D eigenvalue weighted by molar-refractivity contribution is 7.18. The number of amides is 1. The molecule has 5 nitrogen and oxygen atoms in total. The third-order valence-electron chi connectivity index (χ3n) is 5.44. The summed E-state index contributed by atoms with van der Waals surface area (Å²) in [7, 11) is 0. The molecule has 2 atom stereocenters. The molecule has 1 N–H and O–H groups in total. The molecule has 140 valence electrons. The molecule has 1 aliphatic rings. The van der Waals surface area contributed by atoms with Crippen molar-refractivity contribution in [3.63, 3.8) is 0 Å². The van der Waals surface area contributed by atoms with E-state index in [4.69, 9.17) is 0 Å². The molecule has 0 saturated heterocycles. The fraction of sp³-hybridized carbons (Fsp3) is 0.381. The third-order valence-corrected chi connectivity index (χ3v) is 6.60. The van der Waals surface area contributed by atoms with Gasteiger partial charge in [0.05, 0.1) is 11.7 Å². The number of rotatable bonds is 3. The lowest BCUT2D eigenvalue weighted by molar-refractivity contribution is -0.118. The molecule has 4 rings (SSSR count). The van der Waals surface area contributed by atoms with Crippen molar-refractivity contribution >= 4 is 33.1 Å². The molecule has 3 aromatic rings. The predicted octanol–water partition coefficient (Wildman–Crippen LogP) is 4.09. The highest BCUT2D eigenvalue weighted by Crippen LogP contribution is 2.35.